The van der Waals surface area contributed by atoms with Crippen LogP contribution in [0.15, 0.2) is 24.3 Å². The Hall–Kier alpha value is -2.41. The van der Waals surface area contributed by atoms with Crippen LogP contribution in [0.4, 0.5) is 5.13 Å². The molecule has 0 spiro atoms. The summed E-state index contributed by atoms with van der Waals surface area (Å²) in [6, 6.07) is 8.66. The lowest BCUT2D eigenvalue weighted by Gasteiger charge is -2.32. The molecule has 0 radical (unpaired) electrons. The van der Waals surface area contributed by atoms with Crippen molar-refractivity contribution in [3.05, 3.63) is 35.5 Å². The Kier molecular flexibility index (Phi) is 6.09. The standard InChI is InChI=1S/C23H31N5OS/c1-5-17(6-2)22(29)24-18-11-13-27(14-12-18)23-25-21-20(30-23)16(4)26-28(21)19-9-7-15(3)8-10-19/h7-10,17-18H,5-6,11-14H2,1-4H3,(H,24,29). The Morgan fingerprint density at radius 1 is 1.17 bits per heavy atom. The molecule has 0 unspecified atom stereocenters. The molecule has 7 heteroatoms. The van der Waals surface area contributed by atoms with Crippen LogP contribution in [0, 0.1) is 19.8 Å². The van der Waals surface area contributed by atoms with Crippen molar-refractivity contribution in [1.82, 2.24) is 20.1 Å². The zero-order chi connectivity index (χ0) is 21.3. The second-order valence-electron chi connectivity index (χ2n) is 8.27. The quantitative estimate of drug-likeness (QED) is 0.626. The van der Waals surface area contributed by atoms with Crippen LogP contribution >= 0.6 is 11.3 Å². The average molecular weight is 426 g/mol. The zero-order valence-corrected chi connectivity index (χ0v) is 19.1. The maximum absolute atomic E-state index is 12.4. The van der Waals surface area contributed by atoms with E-state index in [0.717, 1.165) is 65.6 Å². The number of benzene rings is 1. The second kappa shape index (κ2) is 8.76. The lowest BCUT2D eigenvalue weighted by molar-refractivity contribution is -0.126. The third kappa shape index (κ3) is 4.08. The van der Waals surface area contributed by atoms with Gasteiger partial charge < -0.3 is 10.2 Å². The summed E-state index contributed by atoms with van der Waals surface area (Å²) < 4.78 is 3.10. The number of amides is 1. The van der Waals surface area contributed by atoms with Gasteiger partial charge in [-0.2, -0.15) is 10.1 Å². The number of piperidine rings is 1. The first-order valence-corrected chi connectivity index (χ1v) is 11.8. The van der Waals surface area contributed by atoms with Crippen LogP contribution in [-0.4, -0.2) is 39.8 Å². The van der Waals surface area contributed by atoms with E-state index >= 15 is 0 Å². The first-order chi connectivity index (χ1) is 14.5. The summed E-state index contributed by atoms with van der Waals surface area (Å²) in [5.41, 5.74) is 4.22. The van der Waals surface area contributed by atoms with Crippen molar-refractivity contribution in [2.45, 2.75) is 59.4 Å². The minimum atomic E-state index is 0.139. The monoisotopic (exact) mass is 425 g/mol. The molecule has 0 aliphatic carbocycles. The van der Waals surface area contributed by atoms with Crippen molar-refractivity contribution in [3.8, 4) is 5.69 Å². The highest BCUT2D eigenvalue weighted by Gasteiger charge is 2.26. The maximum Gasteiger partial charge on any atom is 0.223 e. The van der Waals surface area contributed by atoms with Gasteiger partial charge in [-0.3, -0.25) is 4.79 Å². The number of hydrogen-bond acceptors (Lipinski definition) is 5. The van der Waals surface area contributed by atoms with Gasteiger partial charge in [-0.05, 0) is 51.7 Å². The van der Waals surface area contributed by atoms with E-state index in [4.69, 9.17) is 10.1 Å². The molecule has 3 aromatic rings. The largest absolute Gasteiger partial charge is 0.353 e. The molecule has 1 fully saturated rings. The van der Waals surface area contributed by atoms with Gasteiger partial charge in [-0.1, -0.05) is 42.9 Å². The fraction of sp³-hybridized carbons (Fsp3) is 0.522. The molecule has 0 bridgehead atoms. The van der Waals surface area contributed by atoms with Crippen molar-refractivity contribution < 1.29 is 4.79 Å². The lowest BCUT2D eigenvalue weighted by Crippen LogP contribution is -2.46. The third-order valence-corrected chi connectivity index (χ3v) is 7.34. The molecule has 0 atom stereocenters. The van der Waals surface area contributed by atoms with Gasteiger partial charge in [0, 0.05) is 25.0 Å². The fourth-order valence-corrected chi connectivity index (χ4v) is 5.16. The molecule has 1 aliphatic heterocycles. The molecule has 1 aliphatic rings. The summed E-state index contributed by atoms with van der Waals surface area (Å²) in [6.07, 6.45) is 3.74. The number of aromatic nitrogens is 3. The van der Waals surface area contributed by atoms with Crippen molar-refractivity contribution in [1.29, 1.82) is 0 Å². The number of carbonyl (C=O) groups excluding carboxylic acids is 1. The van der Waals surface area contributed by atoms with E-state index in [1.165, 1.54) is 5.56 Å². The highest BCUT2D eigenvalue weighted by molar-refractivity contribution is 7.22. The van der Waals surface area contributed by atoms with Crippen LogP contribution in [0.2, 0.25) is 0 Å². The van der Waals surface area contributed by atoms with Crippen LogP contribution in [0.3, 0.4) is 0 Å². The molecule has 6 nitrogen and oxygen atoms in total. The highest BCUT2D eigenvalue weighted by Crippen LogP contribution is 2.33. The molecule has 1 saturated heterocycles. The molecule has 1 aromatic carbocycles. The molecule has 0 saturated carbocycles. The smallest absolute Gasteiger partial charge is 0.223 e. The van der Waals surface area contributed by atoms with Crippen molar-refractivity contribution >= 4 is 32.7 Å². The number of rotatable bonds is 6. The van der Waals surface area contributed by atoms with Crippen LogP contribution in [0.5, 0.6) is 0 Å². The van der Waals surface area contributed by atoms with Crippen LogP contribution in [-0.2, 0) is 4.79 Å². The number of carbonyl (C=O) groups is 1. The number of fused-ring (bicyclic) bond motifs is 1. The van der Waals surface area contributed by atoms with E-state index in [-0.39, 0.29) is 17.9 Å². The van der Waals surface area contributed by atoms with Crippen LogP contribution < -0.4 is 10.2 Å². The summed E-state index contributed by atoms with van der Waals surface area (Å²) in [7, 11) is 0. The fourth-order valence-electron chi connectivity index (χ4n) is 4.12. The molecular weight excluding hydrogens is 394 g/mol. The summed E-state index contributed by atoms with van der Waals surface area (Å²) in [5.74, 6) is 0.354. The van der Waals surface area contributed by atoms with E-state index in [0.29, 0.717) is 0 Å². The number of nitrogens with zero attached hydrogens (tertiary/aromatic N) is 4. The van der Waals surface area contributed by atoms with Crippen molar-refractivity contribution in [2.75, 3.05) is 18.0 Å². The van der Waals surface area contributed by atoms with E-state index < -0.39 is 0 Å². The zero-order valence-electron chi connectivity index (χ0n) is 18.3. The topological polar surface area (TPSA) is 63.1 Å². The van der Waals surface area contributed by atoms with Gasteiger partial charge in [-0.15, -0.1) is 0 Å². The van der Waals surface area contributed by atoms with Gasteiger partial charge in [0.1, 0.15) is 0 Å². The molecule has 1 N–H and O–H groups in total. The predicted molar refractivity (Wildman–Crippen MR) is 124 cm³/mol. The second-order valence-corrected chi connectivity index (χ2v) is 9.24. The molecule has 160 valence electrons. The Morgan fingerprint density at radius 3 is 2.47 bits per heavy atom. The first kappa shape index (κ1) is 20.8. The first-order valence-electron chi connectivity index (χ1n) is 11.0. The predicted octanol–water partition coefficient (Wildman–Crippen LogP) is 4.62. The molecule has 1 amide bonds. The van der Waals surface area contributed by atoms with Crippen LogP contribution in [0.25, 0.3) is 16.0 Å². The van der Waals surface area contributed by atoms with Crippen molar-refractivity contribution in [3.63, 3.8) is 0 Å². The van der Waals surface area contributed by atoms with Gasteiger partial charge in [0.25, 0.3) is 0 Å². The normalized spacial score (nSPS) is 15.3. The van der Waals surface area contributed by atoms with E-state index in [9.17, 15) is 4.79 Å². The van der Waals surface area contributed by atoms with E-state index in [1.54, 1.807) is 11.3 Å². The average Bonchev–Trinajstić information content (AvgIpc) is 3.31. The highest BCUT2D eigenvalue weighted by atomic mass is 32.1. The molecule has 2 aromatic heterocycles. The van der Waals surface area contributed by atoms with E-state index in [2.05, 4.69) is 62.2 Å². The minimum Gasteiger partial charge on any atom is -0.353 e. The number of anilines is 1. The number of aryl methyl sites for hydroxylation is 2. The minimum absolute atomic E-state index is 0.139. The molecule has 3 heterocycles. The van der Waals surface area contributed by atoms with Gasteiger partial charge in [0.15, 0.2) is 10.8 Å². The van der Waals surface area contributed by atoms with Gasteiger partial charge >= 0.3 is 0 Å². The van der Waals surface area contributed by atoms with Gasteiger partial charge in [-0.25, -0.2) is 4.68 Å². The summed E-state index contributed by atoms with van der Waals surface area (Å²) in [6.45, 7) is 10.1. The molecule has 4 rings (SSSR count). The summed E-state index contributed by atoms with van der Waals surface area (Å²) in [5, 5.41) is 9.03. The van der Waals surface area contributed by atoms with Gasteiger partial charge in [0.05, 0.1) is 16.1 Å². The Bertz CT molecular complexity index is 1010. The van der Waals surface area contributed by atoms with E-state index in [1.807, 2.05) is 4.68 Å². The Morgan fingerprint density at radius 2 is 1.83 bits per heavy atom. The SMILES string of the molecule is CCC(CC)C(=O)NC1CCN(c2nc3c(s2)c(C)nn3-c2ccc(C)cc2)CC1. The van der Waals surface area contributed by atoms with Crippen LogP contribution in [0.1, 0.15) is 50.8 Å². The lowest BCUT2D eigenvalue weighted by atomic mass is 10.00. The summed E-state index contributed by atoms with van der Waals surface area (Å²) in [4.78, 5) is 19.7. The summed E-state index contributed by atoms with van der Waals surface area (Å²) >= 11 is 1.72. The Labute approximate surface area is 182 Å². The van der Waals surface area contributed by atoms with Crippen molar-refractivity contribution in [2.24, 2.45) is 5.92 Å². The van der Waals surface area contributed by atoms with Gasteiger partial charge in [0.2, 0.25) is 5.91 Å². The number of nitrogens with one attached hydrogen (secondary N) is 1. The molecular formula is C23H31N5OS. The molecule has 30 heavy (non-hydrogen) atoms. The number of thiazole rings is 1. The third-order valence-electron chi connectivity index (χ3n) is 6.12. The number of hydrogen-bond donors (Lipinski definition) is 1. The maximum atomic E-state index is 12.4. The Balaban J connectivity index is 1.47.